The summed E-state index contributed by atoms with van der Waals surface area (Å²) in [5, 5.41) is -2.41. The van der Waals surface area contributed by atoms with E-state index in [1.54, 1.807) is 0 Å². The first-order valence-corrected chi connectivity index (χ1v) is 11.0. The molecule has 0 aliphatic carbocycles. The van der Waals surface area contributed by atoms with Gasteiger partial charge in [-0.2, -0.15) is 0 Å². The summed E-state index contributed by atoms with van der Waals surface area (Å²) in [5.74, 6) is 0. The van der Waals surface area contributed by atoms with Crippen molar-refractivity contribution in [2.45, 2.75) is 69.7 Å². The summed E-state index contributed by atoms with van der Waals surface area (Å²) in [5.41, 5.74) is 0. The summed E-state index contributed by atoms with van der Waals surface area (Å²) < 4.78 is 23.5. The number of hydrogen-bond acceptors (Lipinski definition) is 3. The molecule has 0 heterocycles. The van der Waals surface area contributed by atoms with Crippen molar-refractivity contribution in [2.75, 3.05) is 14.1 Å². The lowest BCUT2D eigenvalue weighted by atomic mass is 10.1. The van der Waals surface area contributed by atoms with Gasteiger partial charge in [0.15, 0.2) is 0 Å². The van der Waals surface area contributed by atoms with Crippen molar-refractivity contribution in [2.24, 2.45) is 0 Å². The highest BCUT2D eigenvalue weighted by Gasteiger charge is 2.61. The van der Waals surface area contributed by atoms with Gasteiger partial charge in [0.05, 0.1) is 0 Å². The van der Waals surface area contributed by atoms with Gasteiger partial charge in [-0.05, 0) is 20.5 Å². The highest BCUT2D eigenvalue weighted by Crippen LogP contribution is 2.71. The van der Waals surface area contributed by atoms with Crippen LogP contribution in [0.5, 0.6) is 0 Å². The molecule has 0 aliphatic heterocycles. The summed E-state index contributed by atoms with van der Waals surface area (Å²) in [4.78, 5) is 39.0. The molecule has 0 saturated heterocycles. The van der Waals surface area contributed by atoms with E-state index in [2.05, 4.69) is 6.92 Å². The molecule has 0 aromatic heterocycles. The van der Waals surface area contributed by atoms with Gasteiger partial charge in [0, 0.05) is 0 Å². The lowest BCUT2D eigenvalue weighted by Gasteiger charge is -2.39. The minimum Gasteiger partial charge on any atom is -0.323 e. The minimum atomic E-state index is -4.99. The van der Waals surface area contributed by atoms with Gasteiger partial charge >= 0.3 is 15.2 Å². The summed E-state index contributed by atoms with van der Waals surface area (Å²) >= 11 is 0. The molecule has 9 heteroatoms. The van der Waals surface area contributed by atoms with Crippen LogP contribution in [0.4, 0.5) is 0 Å². The molecule has 0 rings (SSSR count). The Morgan fingerprint density at radius 3 is 1.45 bits per heavy atom. The average molecular weight is 359 g/mol. The third kappa shape index (κ3) is 6.04. The summed E-state index contributed by atoms with van der Waals surface area (Å²) in [6.45, 7) is 2.14. The van der Waals surface area contributed by atoms with Crippen molar-refractivity contribution >= 4 is 15.2 Å². The van der Waals surface area contributed by atoms with Crippen molar-refractivity contribution in [1.82, 2.24) is 4.90 Å². The van der Waals surface area contributed by atoms with Gasteiger partial charge in [0.25, 0.3) is 0 Å². The predicted octanol–water partition coefficient (Wildman–Crippen LogP) is 3.09. The number of hydrogen-bond donors (Lipinski definition) is 4. The molecule has 0 saturated carbocycles. The molecule has 0 atom stereocenters. The Hall–Kier alpha value is 0.260. The molecule has 0 aliphatic rings. The van der Waals surface area contributed by atoms with E-state index in [-0.39, 0.29) is 6.42 Å². The molecular weight excluding hydrogens is 328 g/mol. The Morgan fingerprint density at radius 2 is 1.14 bits per heavy atom. The van der Waals surface area contributed by atoms with Crippen LogP contribution < -0.4 is 0 Å². The van der Waals surface area contributed by atoms with Gasteiger partial charge in [-0.3, -0.25) is 14.0 Å². The van der Waals surface area contributed by atoms with E-state index >= 15 is 0 Å². The molecule has 134 valence electrons. The molecule has 0 aromatic carbocycles. The average Bonchev–Trinajstić information content (AvgIpc) is 2.33. The van der Waals surface area contributed by atoms with Gasteiger partial charge in [-0.25, -0.2) is 0 Å². The normalized spacial score (nSPS) is 13.8. The maximum absolute atomic E-state index is 11.7. The Kier molecular flexibility index (Phi) is 9.64. The summed E-state index contributed by atoms with van der Waals surface area (Å²) in [7, 11) is -7.40. The third-order valence-electron chi connectivity index (χ3n) is 4.01. The molecule has 0 amide bonds. The molecule has 0 spiro atoms. The maximum atomic E-state index is 11.7. The van der Waals surface area contributed by atoms with Crippen molar-refractivity contribution in [3.05, 3.63) is 0 Å². The van der Waals surface area contributed by atoms with Crippen LogP contribution in [0.3, 0.4) is 0 Å². The molecule has 0 fully saturated rings. The van der Waals surface area contributed by atoms with Crippen molar-refractivity contribution in [1.29, 1.82) is 0 Å². The molecule has 0 bridgehead atoms. The van der Waals surface area contributed by atoms with Crippen LogP contribution in [-0.2, 0) is 9.13 Å². The van der Waals surface area contributed by atoms with E-state index in [0.717, 1.165) is 24.2 Å². The van der Waals surface area contributed by atoms with Crippen LogP contribution in [0.1, 0.15) is 64.7 Å². The van der Waals surface area contributed by atoms with Gasteiger partial charge in [-0.1, -0.05) is 58.3 Å². The summed E-state index contributed by atoms with van der Waals surface area (Å²) in [6, 6.07) is 0. The Morgan fingerprint density at radius 1 is 0.773 bits per heavy atom. The zero-order valence-corrected chi connectivity index (χ0v) is 15.6. The van der Waals surface area contributed by atoms with Crippen LogP contribution in [0.15, 0.2) is 0 Å². The van der Waals surface area contributed by atoms with Gasteiger partial charge < -0.3 is 19.6 Å². The lowest BCUT2D eigenvalue weighted by molar-refractivity contribution is 0.199. The molecule has 0 unspecified atom stereocenters. The van der Waals surface area contributed by atoms with E-state index in [1.165, 1.54) is 33.4 Å². The number of nitrogens with zero attached hydrogens (tertiary/aromatic N) is 1. The van der Waals surface area contributed by atoms with E-state index in [4.69, 9.17) is 0 Å². The Balaban J connectivity index is 4.58. The lowest BCUT2D eigenvalue weighted by Crippen LogP contribution is -2.43. The van der Waals surface area contributed by atoms with Crippen LogP contribution in [0.2, 0.25) is 0 Å². The fraction of sp³-hybridized carbons (Fsp3) is 1.00. The fourth-order valence-corrected chi connectivity index (χ4v) is 6.00. The SMILES string of the molecule is CCCCCCCCCCC(N(C)C)(P(=O)(O)O)P(=O)(O)O. The second kappa shape index (κ2) is 9.53. The summed E-state index contributed by atoms with van der Waals surface area (Å²) in [6.07, 6.45) is 7.52. The molecule has 22 heavy (non-hydrogen) atoms. The zero-order chi connectivity index (χ0) is 17.4. The van der Waals surface area contributed by atoms with Gasteiger partial charge in [0.1, 0.15) is 0 Å². The van der Waals surface area contributed by atoms with Crippen molar-refractivity contribution in [3.63, 3.8) is 0 Å². The van der Waals surface area contributed by atoms with Crippen LogP contribution in [0, 0.1) is 0 Å². The van der Waals surface area contributed by atoms with E-state index in [9.17, 15) is 28.7 Å². The zero-order valence-electron chi connectivity index (χ0n) is 13.8. The minimum absolute atomic E-state index is 0.219. The standard InChI is InChI=1S/C13H31NO6P2/c1-4-5-6-7-8-9-10-11-12-13(14(2)3,21(15,16)17)22(18,19)20/h4-12H2,1-3H3,(H2,15,16,17)(H2,18,19,20). The number of rotatable bonds is 12. The predicted molar refractivity (Wildman–Crippen MR) is 87.7 cm³/mol. The molecular formula is C13H31NO6P2. The Labute approximate surface area is 133 Å². The van der Waals surface area contributed by atoms with E-state index in [0.29, 0.717) is 12.8 Å². The van der Waals surface area contributed by atoms with Gasteiger partial charge in [0.2, 0.25) is 5.02 Å². The van der Waals surface area contributed by atoms with Crippen molar-refractivity contribution in [3.8, 4) is 0 Å². The third-order valence-corrected chi connectivity index (χ3v) is 8.69. The van der Waals surface area contributed by atoms with Crippen LogP contribution in [-0.4, -0.2) is 43.6 Å². The first-order valence-electron chi connectivity index (χ1n) is 7.79. The molecule has 0 aromatic rings. The molecule has 7 nitrogen and oxygen atoms in total. The molecule has 4 N–H and O–H groups in total. The number of unbranched alkanes of at least 4 members (excludes halogenated alkanes) is 7. The topological polar surface area (TPSA) is 118 Å². The monoisotopic (exact) mass is 359 g/mol. The van der Waals surface area contributed by atoms with E-state index < -0.39 is 20.2 Å². The Bertz CT molecular complexity index is 381. The quantitative estimate of drug-likeness (QED) is 0.312. The largest absolute Gasteiger partial charge is 0.358 e. The van der Waals surface area contributed by atoms with Crippen LogP contribution in [0.25, 0.3) is 0 Å². The maximum Gasteiger partial charge on any atom is 0.358 e. The van der Waals surface area contributed by atoms with E-state index in [1.807, 2.05) is 0 Å². The first kappa shape index (κ1) is 22.3. The second-order valence-electron chi connectivity index (χ2n) is 5.98. The first-order chi connectivity index (χ1) is 10.0. The van der Waals surface area contributed by atoms with Gasteiger partial charge in [-0.15, -0.1) is 0 Å². The van der Waals surface area contributed by atoms with Crippen LogP contribution >= 0.6 is 15.2 Å². The molecule has 0 radical (unpaired) electrons. The smallest absolute Gasteiger partial charge is 0.323 e. The highest BCUT2D eigenvalue weighted by molar-refractivity contribution is 7.72. The second-order valence-corrected chi connectivity index (χ2v) is 9.99. The fourth-order valence-electron chi connectivity index (χ4n) is 2.70. The highest BCUT2D eigenvalue weighted by atomic mass is 31.2. The van der Waals surface area contributed by atoms with Crippen molar-refractivity contribution < 1.29 is 28.7 Å².